The molecule has 2 aromatic rings. The van der Waals surface area contributed by atoms with Crippen molar-refractivity contribution in [2.75, 3.05) is 35.8 Å². The van der Waals surface area contributed by atoms with Gasteiger partial charge >= 0.3 is 0 Å². The molecule has 7 nitrogen and oxygen atoms in total. The molecule has 29 heavy (non-hydrogen) atoms. The SMILES string of the molecule is CCc1ccc(N2CC(C(=O)Nc3ccc(NC(=O)COC)cc3)CC2=O)cc1. The van der Waals surface area contributed by atoms with Gasteiger partial charge in [0.05, 0.1) is 5.92 Å². The smallest absolute Gasteiger partial charge is 0.250 e. The van der Waals surface area contributed by atoms with Gasteiger partial charge < -0.3 is 20.3 Å². The molecule has 2 N–H and O–H groups in total. The van der Waals surface area contributed by atoms with Crippen LogP contribution in [0.15, 0.2) is 48.5 Å². The maximum atomic E-state index is 12.6. The number of nitrogens with one attached hydrogen (secondary N) is 2. The summed E-state index contributed by atoms with van der Waals surface area (Å²) in [6.45, 7) is 2.42. The minimum Gasteiger partial charge on any atom is -0.375 e. The number of hydrogen-bond donors (Lipinski definition) is 2. The van der Waals surface area contributed by atoms with Gasteiger partial charge in [-0.25, -0.2) is 0 Å². The van der Waals surface area contributed by atoms with E-state index in [9.17, 15) is 14.4 Å². The molecule has 1 saturated heterocycles. The molecular formula is C22H25N3O4. The molecule has 1 heterocycles. The fourth-order valence-corrected chi connectivity index (χ4v) is 3.25. The average molecular weight is 395 g/mol. The fourth-order valence-electron chi connectivity index (χ4n) is 3.25. The molecule has 0 aromatic heterocycles. The van der Waals surface area contributed by atoms with Gasteiger partial charge in [-0.1, -0.05) is 19.1 Å². The van der Waals surface area contributed by atoms with Crippen LogP contribution in [0, 0.1) is 5.92 Å². The van der Waals surface area contributed by atoms with Crippen molar-refractivity contribution in [2.45, 2.75) is 19.8 Å². The molecule has 1 atom stereocenters. The second-order valence-electron chi connectivity index (χ2n) is 6.97. The van der Waals surface area contributed by atoms with E-state index in [4.69, 9.17) is 4.74 Å². The molecule has 1 fully saturated rings. The molecule has 2 aromatic carbocycles. The highest BCUT2D eigenvalue weighted by Gasteiger charge is 2.35. The van der Waals surface area contributed by atoms with Gasteiger partial charge in [-0.2, -0.15) is 0 Å². The number of ether oxygens (including phenoxy) is 1. The van der Waals surface area contributed by atoms with Crippen molar-refractivity contribution in [1.29, 1.82) is 0 Å². The number of hydrogen-bond acceptors (Lipinski definition) is 4. The second-order valence-corrected chi connectivity index (χ2v) is 6.97. The van der Waals surface area contributed by atoms with Crippen LogP contribution in [0.25, 0.3) is 0 Å². The van der Waals surface area contributed by atoms with E-state index in [0.29, 0.717) is 17.9 Å². The maximum Gasteiger partial charge on any atom is 0.250 e. The third-order valence-corrected chi connectivity index (χ3v) is 4.86. The summed E-state index contributed by atoms with van der Waals surface area (Å²) in [5.74, 6) is -0.900. The van der Waals surface area contributed by atoms with E-state index in [2.05, 4.69) is 17.6 Å². The Kier molecular flexibility index (Phi) is 6.61. The van der Waals surface area contributed by atoms with Crippen molar-refractivity contribution in [3.05, 3.63) is 54.1 Å². The number of anilines is 3. The summed E-state index contributed by atoms with van der Waals surface area (Å²) in [6.07, 6.45) is 1.13. The minimum atomic E-state index is -0.408. The van der Waals surface area contributed by atoms with Crippen LogP contribution in [0.2, 0.25) is 0 Å². The first kappa shape index (κ1) is 20.5. The molecule has 1 aliphatic heterocycles. The van der Waals surface area contributed by atoms with Crippen LogP contribution in [-0.4, -0.2) is 38.0 Å². The van der Waals surface area contributed by atoms with Crippen LogP contribution >= 0.6 is 0 Å². The predicted octanol–water partition coefficient (Wildman–Crippen LogP) is 2.83. The summed E-state index contributed by atoms with van der Waals surface area (Å²) < 4.78 is 4.77. The topological polar surface area (TPSA) is 87.7 Å². The van der Waals surface area contributed by atoms with Crippen LogP contribution < -0.4 is 15.5 Å². The standard InChI is InChI=1S/C22H25N3O4/c1-3-15-4-10-19(11-5-15)25-13-16(12-21(25)27)22(28)24-18-8-6-17(7-9-18)23-20(26)14-29-2/h4-11,16H,3,12-14H2,1-2H3,(H,23,26)(H,24,28). The van der Waals surface area contributed by atoms with Gasteiger partial charge in [-0.15, -0.1) is 0 Å². The lowest BCUT2D eigenvalue weighted by molar-refractivity contribution is -0.122. The molecule has 0 spiro atoms. The molecule has 0 bridgehead atoms. The number of amides is 3. The number of aryl methyl sites for hydroxylation is 1. The number of benzene rings is 2. The summed E-state index contributed by atoms with van der Waals surface area (Å²) in [5.41, 5.74) is 3.25. The summed E-state index contributed by atoms with van der Waals surface area (Å²) in [5, 5.41) is 5.53. The van der Waals surface area contributed by atoms with Crippen molar-refractivity contribution in [3.8, 4) is 0 Å². The van der Waals surface area contributed by atoms with Gasteiger partial charge in [0, 0.05) is 37.1 Å². The molecule has 0 radical (unpaired) electrons. The molecule has 0 saturated carbocycles. The zero-order chi connectivity index (χ0) is 20.8. The molecule has 1 unspecified atom stereocenters. The van der Waals surface area contributed by atoms with Crippen LogP contribution in [0.1, 0.15) is 18.9 Å². The molecule has 1 aliphatic rings. The summed E-state index contributed by atoms with van der Waals surface area (Å²) in [6, 6.07) is 14.7. The van der Waals surface area contributed by atoms with Gasteiger partial charge in [-0.3, -0.25) is 14.4 Å². The third-order valence-electron chi connectivity index (χ3n) is 4.86. The number of carbonyl (C=O) groups is 3. The van der Waals surface area contributed by atoms with E-state index in [1.807, 2.05) is 24.3 Å². The zero-order valence-electron chi connectivity index (χ0n) is 16.6. The third kappa shape index (κ3) is 5.20. The summed E-state index contributed by atoms with van der Waals surface area (Å²) in [4.78, 5) is 38.2. The largest absolute Gasteiger partial charge is 0.375 e. The van der Waals surface area contributed by atoms with Gasteiger partial charge in [0.1, 0.15) is 6.61 Å². The van der Waals surface area contributed by atoms with Crippen molar-refractivity contribution in [3.63, 3.8) is 0 Å². The Hall–Kier alpha value is -3.19. The lowest BCUT2D eigenvalue weighted by Crippen LogP contribution is -2.28. The predicted molar refractivity (Wildman–Crippen MR) is 112 cm³/mol. The Bertz CT molecular complexity index is 878. The monoisotopic (exact) mass is 395 g/mol. The van der Waals surface area contributed by atoms with Crippen LogP contribution in [0.5, 0.6) is 0 Å². The van der Waals surface area contributed by atoms with E-state index < -0.39 is 5.92 Å². The van der Waals surface area contributed by atoms with Crippen LogP contribution in [0.3, 0.4) is 0 Å². The van der Waals surface area contributed by atoms with Gasteiger partial charge in [0.15, 0.2) is 0 Å². The number of rotatable bonds is 7. The highest BCUT2D eigenvalue weighted by molar-refractivity contribution is 6.03. The second kappa shape index (κ2) is 9.34. The van der Waals surface area contributed by atoms with E-state index >= 15 is 0 Å². The highest BCUT2D eigenvalue weighted by atomic mass is 16.5. The van der Waals surface area contributed by atoms with Crippen molar-refractivity contribution in [2.24, 2.45) is 5.92 Å². The molecular weight excluding hydrogens is 370 g/mol. The fraction of sp³-hybridized carbons (Fsp3) is 0.318. The normalized spacial score (nSPS) is 16.0. The quantitative estimate of drug-likeness (QED) is 0.755. The van der Waals surface area contributed by atoms with E-state index in [1.54, 1.807) is 29.2 Å². The van der Waals surface area contributed by atoms with Gasteiger partial charge in [0.2, 0.25) is 17.7 Å². The lowest BCUT2D eigenvalue weighted by Gasteiger charge is -2.17. The Labute approximate surface area is 170 Å². The molecule has 7 heteroatoms. The zero-order valence-corrected chi connectivity index (χ0v) is 16.6. The molecule has 152 valence electrons. The maximum absolute atomic E-state index is 12.6. The van der Waals surface area contributed by atoms with E-state index in [1.165, 1.54) is 12.7 Å². The van der Waals surface area contributed by atoms with Crippen LogP contribution in [0.4, 0.5) is 17.1 Å². The molecule has 3 amide bonds. The van der Waals surface area contributed by atoms with Crippen molar-refractivity contribution in [1.82, 2.24) is 0 Å². The van der Waals surface area contributed by atoms with Crippen LogP contribution in [-0.2, 0) is 25.5 Å². The highest BCUT2D eigenvalue weighted by Crippen LogP contribution is 2.26. The van der Waals surface area contributed by atoms with E-state index in [-0.39, 0.29) is 30.7 Å². The van der Waals surface area contributed by atoms with E-state index in [0.717, 1.165) is 12.1 Å². The average Bonchev–Trinajstić information content (AvgIpc) is 3.11. The molecule has 3 rings (SSSR count). The Morgan fingerprint density at radius 1 is 1.03 bits per heavy atom. The number of carbonyl (C=O) groups excluding carboxylic acids is 3. The van der Waals surface area contributed by atoms with Gasteiger partial charge in [-0.05, 0) is 48.4 Å². The van der Waals surface area contributed by atoms with Crippen molar-refractivity contribution >= 4 is 34.8 Å². The molecule has 0 aliphatic carbocycles. The Morgan fingerprint density at radius 2 is 1.66 bits per heavy atom. The first-order valence-electron chi connectivity index (χ1n) is 9.59. The number of methoxy groups -OCH3 is 1. The lowest BCUT2D eigenvalue weighted by atomic mass is 10.1. The first-order chi connectivity index (χ1) is 14.0. The van der Waals surface area contributed by atoms with Gasteiger partial charge in [0.25, 0.3) is 0 Å². The van der Waals surface area contributed by atoms with Crippen molar-refractivity contribution < 1.29 is 19.1 Å². The number of nitrogens with zero attached hydrogens (tertiary/aromatic N) is 1. The summed E-state index contributed by atoms with van der Waals surface area (Å²) in [7, 11) is 1.45. The Morgan fingerprint density at radius 3 is 2.24 bits per heavy atom. The Balaban J connectivity index is 1.58. The summed E-state index contributed by atoms with van der Waals surface area (Å²) >= 11 is 0. The minimum absolute atomic E-state index is 0.0220. The first-order valence-corrected chi connectivity index (χ1v) is 9.59.